The molecule has 1 aliphatic carbocycles. The fourth-order valence-electron chi connectivity index (χ4n) is 3.02. The number of aromatic nitrogens is 3. The second-order valence-electron chi connectivity index (χ2n) is 5.52. The van der Waals surface area contributed by atoms with Crippen molar-refractivity contribution in [2.45, 2.75) is 32.7 Å². The highest BCUT2D eigenvalue weighted by Crippen LogP contribution is 2.34. The van der Waals surface area contributed by atoms with Gasteiger partial charge in [0.25, 0.3) is 5.56 Å². The predicted octanol–water partition coefficient (Wildman–Crippen LogP) is 2.12. The molecule has 21 heavy (non-hydrogen) atoms. The van der Waals surface area contributed by atoms with Gasteiger partial charge in [-0.3, -0.25) is 4.79 Å². The Morgan fingerprint density at radius 3 is 3.14 bits per heavy atom. The number of aromatic amines is 1. The molecule has 0 unspecified atom stereocenters. The summed E-state index contributed by atoms with van der Waals surface area (Å²) in [6.45, 7) is 2.65. The molecule has 1 aliphatic rings. The lowest BCUT2D eigenvalue weighted by molar-refractivity contribution is -0.695. The number of hydrogen-bond acceptors (Lipinski definition) is 3. The van der Waals surface area contributed by atoms with Crippen LogP contribution in [-0.2, 0) is 19.4 Å². The van der Waals surface area contributed by atoms with Crippen molar-refractivity contribution in [3.63, 3.8) is 0 Å². The van der Waals surface area contributed by atoms with Crippen molar-refractivity contribution >= 4 is 21.6 Å². The third-order valence-corrected chi connectivity index (χ3v) is 5.30. The molecule has 4 nitrogen and oxygen atoms in total. The van der Waals surface area contributed by atoms with E-state index < -0.39 is 0 Å². The number of thiophene rings is 1. The van der Waals surface area contributed by atoms with Crippen molar-refractivity contribution in [2.24, 2.45) is 0 Å². The molecule has 0 saturated carbocycles. The van der Waals surface area contributed by atoms with Crippen LogP contribution in [0.15, 0.2) is 29.2 Å². The Kier molecular flexibility index (Phi) is 2.89. The molecular formula is C16H16N3OS+. The zero-order valence-electron chi connectivity index (χ0n) is 11.8. The van der Waals surface area contributed by atoms with Crippen LogP contribution in [0.1, 0.15) is 28.4 Å². The molecule has 3 aromatic heterocycles. The number of pyridine rings is 1. The quantitative estimate of drug-likeness (QED) is 0.737. The molecule has 3 heterocycles. The maximum atomic E-state index is 12.4. The standard InChI is InChI=1S/C16H15N3OS/c1-10-5-2-3-8-19(10)9-13-17-15(20)14-11-6-4-7-12(11)21-16(14)18-13/h2-3,5,8H,4,6-7,9H2,1H3/p+1. The molecule has 0 amide bonds. The molecule has 106 valence electrons. The van der Waals surface area contributed by atoms with Gasteiger partial charge in [-0.1, -0.05) is 6.07 Å². The van der Waals surface area contributed by atoms with Crippen molar-refractivity contribution < 1.29 is 4.57 Å². The van der Waals surface area contributed by atoms with E-state index in [4.69, 9.17) is 0 Å². The Bertz CT molecular complexity index is 894. The molecule has 0 fully saturated rings. The Morgan fingerprint density at radius 1 is 1.38 bits per heavy atom. The van der Waals surface area contributed by atoms with E-state index in [1.165, 1.54) is 10.4 Å². The minimum atomic E-state index is 0.0172. The van der Waals surface area contributed by atoms with E-state index in [0.29, 0.717) is 6.54 Å². The van der Waals surface area contributed by atoms with Gasteiger partial charge in [-0.05, 0) is 24.8 Å². The number of aryl methyl sites for hydroxylation is 3. The van der Waals surface area contributed by atoms with Gasteiger partial charge in [0.05, 0.1) is 5.39 Å². The summed E-state index contributed by atoms with van der Waals surface area (Å²) in [6.07, 6.45) is 5.29. The van der Waals surface area contributed by atoms with E-state index >= 15 is 0 Å². The zero-order valence-corrected chi connectivity index (χ0v) is 12.7. The summed E-state index contributed by atoms with van der Waals surface area (Å²) in [6, 6.07) is 6.05. The fourth-order valence-corrected chi connectivity index (χ4v) is 4.30. The van der Waals surface area contributed by atoms with Crippen LogP contribution in [0.5, 0.6) is 0 Å². The fraction of sp³-hybridized carbons (Fsp3) is 0.312. The van der Waals surface area contributed by atoms with Gasteiger partial charge in [-0.2, -0.15) is 4.57 Å². The summed E-state index contributed by atoms with van der Waals surface area (Å²) >= 11 is 1.69. The number of nitrogens with one attached hydrogen (secondary N) is 1. The molecule has 3 aromatic rings. The summed E-state index contributed by atoms with van der Waals surface area (Å²) in [5, 5.41) is 0.825. The van der Waals surface area contributed by atoms with E-state index in [9.17, 15) is 4.79 Å². The number of rotatable bonds is 2. The van der Waals surface area contributed by atoms with Gasteiger partial charge in [-0.25, -0.2) is 4.98 Å². The monoisotopic (exact) mass is 298 g/mol. The first-order valence-electron chi connectivity index (χ1n) is 7.21. The van der Waals surface area contributed by atoms with E-state index in [-0.39, 0.29) is 5.56 Å². The first-order chi connectivity index (χ1) is 10.2. The molecule has 0 aliphatic heterocycles. The zero-order chi connectivity index (χ0) is 14.4. The molecule has 0 bridgehead atoms. The highest BCUT2D eigenvalue weighted by Gasteiger charge is 2.21. The average molecular weight is 298 g/mol. The van der Waals surface area contributed by atoms with Crippen LogP contribution in [-0.4, -0.2) is 9.97 Å². The summed E-state index contributed by atoms with van der Waals surface area (Å²) in [5.74, 6) is 0.728. The molecule has 1 N–H and O–H groups in total. The molecule has 5 heteroatoms. The third-order valence-electron chi connectivity index (χ3n) is 4.11. The normalized spacial score (nSPS) is 13.8. The van der Waals surface area contributed by atoms with Crippen LogP contribution in [0.2, 0.25) is 0 Å². The summed E-state index contributed by atoms with van der Waals surface area (Å²) in [4.78, 5) is 22.3. The molecule has 0 saturated heterocycles. The molecule has 0 spiro atoms. The van der Waals surface area contributed by atoms with Gasteiger partial charge < -0.3 is 4.98 Å². The minimum absolute atomic E-state index is 0.0172. The smallest absolute Gasteiger partial charge is 0.260 e. The van der Waals surface area contributed by atoms with Crippen LogP contribution in [0.3, 0.4) is 0 Å². The topological polar surface area (TPSA) is 49.6 Å². The first-order valence-corrected chi connectivity index (χ1v) is 8.02. The average Bonchev–Trinajstić information content (AvgIpc) is 3.01. The van der Waals surface area contributed by atoms with E-state index in [1.807, 2.05) is 18.3 Å². The van der Waals surface area contributed by atoms with Crippen molar-refractivity contribution in [3.05, 3.63) is 56.7 Å². The van der Waals surface area contributed by atoms with Crippen molar-refractivity contribution in [1.29, 1.82) is 0 Å². The predicted molar refractivity (Wildman–Crippen MR) is 82.7 cm³/mol. The van der Waals surface area contributed by atoms with Crippen molar-refractivity contribution in [3.8, 4) is 0 Å². The molecule has 0 radical (unpaired) electrons. The van der Waals surface area contributed by atoms with Gasteiger partial charge in [0, 0.05) is 23.9 Å². The summed E-state index contributed by atoms with van der Waals surface area (Å²) < 4.78 is 2.09. The van der Waals surface area contributed by atoms with Crippen LogP contribution in [0.25, 0.3) is 10.2 Å². The number of hydrogen-bond donors (Lipinski definition) is 1. The largest absolute Gasteiger partial charge is 0.305 e. The second-order valence-corrected chi connectivity index (χ2v) is 6.60. The van der Waals surface area contributed by atoms with Gasteiger partial charge in [0.2, 0.25) is 6.54 Å². The lowest BCUT2D eigenvalue weighted by Crippen LogP contribution is -2.38. The van der Waals surface area contributed by atoms with Crippen LogP contribution < -0.4 is 10.1 Å². The lowest BCUT2D eigenvalue weighted by Gasteiger charge is -2.01. The van der Waals surface area contributed by atoms with Crippen LogP contribution >= 0.6 is 11.3 Å². The maximum Gasteiger partial charge on any atom is 0.260 e. The van der Waals surface area contributed by atoms with E-state index in [0.717, 1.165) is 41.0 Å². The van der Waals surface area contributed by atoms with Gasteiger partial charge in [-0.15, -0.1) is 11.3 Å². The highest BCUT2D eigenvalue weighted by atomic mass is 32.1. The Labute approximate surface area is 126 Å². The summed E-state index contributed by atoms with van der Waals surface area (Å²) in [7, 11) is 0. The Balaban J connectivity index is 1.81. The van der Waals surface area contributed by atoms with E-state index in [2.05, 4.69) is 27.5 Å². The van der Waals surface area contributed by atoms with Crippen molar-refractivity contribution in [1.82, 2.24) is 9.97 Å². The van der Waals surface area contributed by atoms with Crippen molar-refractivity contribution in [2.75, 3.05) is 0 Å². The molecular weight excluding hydrogens is 282 g/mol. The second kappa shape index (κ2) is 4.77. The summed E-state index contributed by atoms with van der Waals surface area (Å²) in [5.41, 5.74) is 2.40. The maximum absolute atomic E-state index is 12.4. The van der Waals surface area contributed by atoms with Gasteiger partial charge in [0.1, 0.15) is 4.83 Å². The molecule has 4 rings (SSSR count). The molecule has 0 aromatic carbocycles. The minimum Gasteiger partial charge on any atom is -0.305 e. The van der Waals surface area contributed by atoms with Crippen LogP contribution in [0.4, 0.5) is 0 Å². The Morgan fingerprint density at radius 2 is 2.29 bits per heavy atom. The number of fused-ring (bicyclic) bond motifs is 3. The molecule has 0 atom stereocenters. The lowest BCUT2D eigenvalue weighted by atomic mass is 10.2. The number of H-pyrrole nitrogens is 1. The SMILES string of the molecule is Cc1cccc[n+]1Cc1nc2sc3c(c2c(=O)[nH]1)CCC3. The third kappa shape index (κ3) is 2.08. The number of nitrogens with zero attached hydrogens (tertiary/aromatic N) is 2. The highest BCUT2D eigenvalue weighted by molar-refractivity contribution is 7.18. The Hall–Kier alpha value is -2.01. The van der Waals surface area contributed by atoms with Gasteiger partial charge >= 0.3 is 0 Å². The van der Waals surface area contributed by atoms with Gasteiger partial charge in [0.15, 0.2) is 17.7 Å². The van der Waals surface area contributed by atoms with E-state index in [1.54, 1.807) is 11.3 Å². The first kappa shape index (κ1) is 12.7. The van der Waals surface area contributed by atoms with Crippen LogP contribution in [0, 0.1) is 6.92 Å².